The van der Waals surface area contributed by atoms with Gasteiger partial charge < -0.3 is 9.72 Å². The average Bonchev–Trinajstić information content (AvgIpc) is 3.73. The SMILES string of the molecule is Fc1cc(OCCN2CCCC2)cc(-c2cncc3[nH]c(-c4n[nH]c5cnc(-c6cn[nH]c6)cc45)cc23)c1. The first kappa shape index (κ1) is 22.6. The molecule has 6 heterocycles. The molecule has 0 aliphatic carbocycles. The van der Waals surface area contributed by atoms with E-state index in [0.717, 1.165) is 69.6 Å². The van der Waals surface area contributed by atoms with Crippen molar-refractivity contribution >= 4 is 21.8 Å². The van der Waals surface area contributed by atoms with E-state index in [0.29, 0.717) is 17.9 Å². The molecule has 0 amide bonds. The smallest absolute Gasteiger partial charge is 0.127 e. The number of ether oxygens (including phenoxy) is 1. The molecule has 3 N–H and O–H groups in total. The van der Waals surface area contributed by atoms with Crippen molar-refractivity contribution in [1.82, 2.24) is 40.2 Å². The lowest BCUT2D eigenvalue weighted by atomic mass is 10.0. The zero-order valence-corrected chi connectivity index (χ0v) is 20.5. The van der Waals surface area contributed by atoms with Gasteiger partial charge >= 0.3 is 0 Å². The molecular weight excluding hydrogens is 483 g/mol. The summed E-state index contributed by atoms with van der Waals surface area (Å²) < 4.78 is 20.6. The normalized spacial score (nSPS) is 14.1. The molecule has 1 aliphatic rings. The van der Waals surface area contributed by atoms with Crippen molar-refractivity contribution in [2.75, 3.05) is 26.2 Å². The molecule has 1 fully saturated rings. The monoisotopic (exact) mass is 508 g/mol. The van der Waals surface area contributed by atoms with Crippen LogP contribution in [0.15, 0.2) is 61.3 Å². The average molecular weight is 509 g/mol. The van der Waals surface area contributed by atoms with Crippen LogP contribution in [0.2, 0.25) is 0 Å². The Kier molecular flexibility index (Phi) is 5.58. The molecule has 0 atom stereocenters. The number of rotatable bonds is 7. The second-order valence-electron chi connectivity index (χ2n) is 9.58. The Bertz CT molecular complexity index is 1730. The number of nitrogens with one attached hydrogen (secondary N) is 3. The van der Waals surface area contributed by atoms with Gasteiger partial charge in [-0.1, -0.05) is 0 Å². The maximum Gasteiger partial charge on any atom is 0.127 e. The Balaban J connectivity index is 1.23. The number of aromatic nitrogens is 7. The van der Waals surface area contributed by atoms with E-state index in [-0.39, 0.29) is 5.82 Å². The van der Waals surface area contributed by atoms with Crippen molar-refractivity contribution < 1.29 is 9.13 Å². The van der Waals surface area contributed by atoms with Crippen molar-refractivity contribution in [1.29, 1.82) is 0 Å². The highest BCUT2D eigenvalue weighted by atomic mass is 19.1. The molecule has 1 saturated heterocycles. The molecule has 190 valence electrons. The van der Waals surface area contributed by atoms with E-state index in [1.807, 2.05) is 18.2 Å². The zero-order valence-electron chi connectivity index (χ0n) is 20.5. The summed E-state index contributed by atoms with van der Waals surface area (Å²) >= 11 is 0. The largest absolute Gasteiger partial charge is 0.492 e. The van der Waals surface area contributed by atoms with Gasteiger partial charge in [0.25, 0.3) is 0 Å². The molecule has 5 aromatic heterocycles. The number of hydrogen-bond donors (Lipinski definition) is 3. The minimum Gasteiger partial charge on any atom is -0.492 e. The van der Waals surface area contributed by atoms with E-state index in [9.17, 15) is 4.39 Å². The van der Waals surface area contributed by atoms with Crippen LogP contribution in [0.25, 0.3) is 55.6 Å². The summed E-state index contributed by atoms with van der Waals surface area (Å²) in [6.45, 7) is 3.59. The quantitative estimate of drug-likeness (QED) is 0.274. The Hall–Kier alpha value is -4.57. The molecule has 10 heteroatoms. The third-order valence-corrected chi connectivity index (χ3v) is 7.10. The molecule has 0 saturated carbocycles. The highest BCUT2D eigenvalue weighted by molar-refractivity contribution is 6.01. The van der Waals surface area contributed by atoms with Crippen molar-refractivity contribution in [3.8, 4) is 39.5 Å². The van der Waals surface area contributed by atoms with Crippen LogP contribution in [0.4, 0.5) is 4.39 Å². The molecule has 38 heavy (non-hydrogen) atoms. The predicted molar refractivity (Wildman–Crippen MR) is 143 cm³/mol. The van der Waals surface area contributed by atoms with Gasteiger partial charge in [-0.05, 0) is 55.8 Å². The Morgan fingerprint density at radius 3 is 2.71 bits per heavy atom. The van der Waals surface area contributed by atoms with E-state index in [1.165, 1.54) is 25.0 Å². The molecular formula is C28H25FN8O. The minimum atomic E-state index is -0.344. The first-order valence-corrected chi connectivity index (χ1v) is 12.7. The number of aromatic amines is 3. The zero-order chi connectivity index (χ0) is 25.5. The fraction of sp³-hybridized carbons (Fsp3) is 0.214. The van der Waals surface area contributed by atoms with E-state index in [1.54, 1.807) is 31.0 Å². The van der Waals surface area contributed by atoms with Gasteiger partial charge in [0.15, 0.2) is 0 Å². The number of fused-ring (bicyclic) bond motifs is 2. The number of hydrogen-bond acceptors (Lipinski definition) is 6. The third-order valence-electron chi connectivity index (χ3n) is 7.10. The first-order valence-electron chi connectivity index (χ1n) is 12.7. The number of benzene rings is 1. The maximum atomic E-state index is 14.7. The number of H-pyrrole nitrogens is 3. The lowest BCUT2D eigenvalue weighted by molar-refractivity contribution is 0.237. The van der Waals surface area contributed by atoms with Gasteiger partial charge in [0.2, 0.25) is 0 Å². The van der Waals surface area contributed by atoms with Crippen molar-refractivity contribution in [2.24, 2.45) is 0 Å². The number of halogens is 1. The van der Waals surface area contributed by atoms with Gasteiger partial charge in [-0.15, -0.1) is 0 Å². The van der Waals surface area contributed by atoms with Crippen LogP contribution < -0.4 is 4.74 Å². The summed E-state index contributed by atoms with van der Waals surface area (Å²) in [5.41, 5.74) is 6.46. The summed E-state index contributed by atoms with van der Waals surface area (Å²) in [6.07, 6.45) is 11.3. The summed E-state index contributed by atoms with van der Waals surface area (Å²) in [5, 5.41) is 16.3. The van der Waals surface area contributed by atoms with Gasteiger partial charge in [0, 0.05) is 46.9 Å². The van der Waals surface area contributed by atoms with Gasteiger partial charge in [0.05, 0.1) is 41.0 Å². The Morgan fingerprint density at radius 1 is 0.921 bits per heavy atom. The van der Waals surface area contributed by atoms with Crippen LogP contribution in [-0.2, 0) is 0 Å². The molecule has 9 nitrogen and oxygen atoms in total. The summed E-state index contributed by atoms with van der Waals surface area (Å²) in [7, 11) is 0. The van der Waals surface area contributed by atoms with Gasteiger partial charge in [0.1, 0.15) is 23.9 Å². The fourth-order valence-corrected chi connectivity index (χ4v) is 5.18. The number of nitrogens with zero attached hydrogens (tertiary/aromatic N) is 5. The molecule has 0 unspecified atom stereocenters. The first-order chi connectivity index (χ1) is 18.7. The second kappa shape index (κ2) is 9.38. The van der Waals surface area contributed by atoms with Gasteiger partial charge in [-0.3, -0.25) is 25.1 Å². The van der Waals surface area contributed by atoms with Crippen molar-refractivity contribution in [3.05, 3.63) is 67.1 Å². The van der Waals surface area contributed by atoms with Crippen LogP contribution >= 0.6 is 0 Å². The standard InChI is InChI=1S/C28H25FN8O/c29-19-7-17(8-20(9-19)38-6-5-37-3-1-2-4-37)23-14-30-15-26-21(23)10-25(34-26)28-22-11-24(18-12-32-33-13-18)31-16-27(22)35-36-28/h7-16,34H,1-6H2,(H,32,33)(H,35,36). The lowest BCUT2D eigenvalue weighted by Gasteiger charge is -2.15. The molecule has 6 aromatic rings. The Morgan fingerprint density at radius 2 is 1.84 bits per heavy atom. The number of pyridine rings is 2. The highest BCUT2D eigenvalue weighted by Crippen LogP contribution is 2.35. The van der Waals surface area contributed by atoms with Crippen LogP contribution in [-0.4, -0.2) is 66.5 Å². The topological polar surface area (TPSA) is 111 Å². The molecule has 7 rings (SSSR count). The second-order valence-corrected chi connectivity index (χ2v) is 9.58. The fourth-order valence-electron chi connectivity index (χ4n) is 5.18. The Labute approximate surface area is 217 Å². The maximum absolute atomic E-state index is 14.7. The molecule has 0 spiro atoms. The van der Waals surface area contributed by atoms with Crippen LogP contribution in [0, 0.1) is 5.82 Å². The van der Waals surface area contributed by atoms with E-state index >= 15 is 0 Å². The van der Waals surface area contributed by atoms with E-state index < -0.39 is 0 Å². The van der Waals surface area contributed by atoms with Gasteiger partial charge in [-0.25, -0.2) is 4.39 Å². The lowest BCUT2D eigenvalue weighted by Crippen LogP contribution is -2.25. The summed E-state index contributed by atoms with van der Waals surface area (Å²) in [6, 6.07) is 8.85. The van der Waals surface area contributed by atoms with Crippen LogP contribution in [0.3, 0.4) is 0 Å². The minimum absolute atomic E-state index is 0.344. The molecule has 0 bridgehead atoms. The van der Waals surface area contributed by atoms with Crippen LogP contribution in [0.1, 0.15) is 12.8 Å². The van der Waals surface area contributed by atoms with E-state index in [4.69, 9.17) is 4.74 Å². The molecule has 1 aliphatic heterocycles. The summed E-state index contributed by atoms with van der Waals surface area (Å²) in [4.78, 5) is 14.7. The van der Waals surface area contributed by atoms with Crippen molar-refractivity contribution in [2.45, 2.75) is 12.8 Å². The van der Waals surface area contributed by atoms with Crippen molar-refractivity contribution in [3.63, 3.8) is 0 Å². The molecule has 1 aromatic carbocycles. The van der Waals surface area contributed by atoms with Crippen LogP contribution in [0.5, 0.6) is 5.75 Å². The number of likely N-dealkylation sites (tertiary alicyclic amines) is 1. The molecule has 0 radical (unpaired) electrons. The predicted octanol–water partition coefficient (Wildman–Crippen LogP) is 5.17. The third kappa shape index (κ3) is 4.18. The van der Waals surface area contributed by atoms with E-state index in [2.05, 4.69) is 40.2 Å². The highest BCUT2D eigenvalue weighted by Gasteiger charge is 2.16. The van der Waals surface area contributed by atoms with Gasteiger partial charge in [-0.2, -0.15) is 10.2 Å². The summed E-state index contributed by atoms with van der Waals surface area (Å²) in [5.74, 6) is 0.175.